The minimum Gasteiger partial charge on any atom is -0.456 e. The van der Waals surface area contributed by atoms with Gasteiger partial charge in [0.05, 0.1) is 16.8 Å². The normalized spacial score (nSPS) is 13.3. The highest BCUT2D eigenvalue weighted by molar-refractivity contribution is 5.92. The molecule has 2 aliphatic rings. The van der Waals surface area contributed by atoms with E-state index >= 15 is 0 Å². The highest BCUT2D eigenvalue weighted by atomic mass is 16.5. The highest BCUT2D eigenvalue weighted by Crippen LogP contribution is 2.63. The molecule has 0 bridgehead atoms. The second-order valence-electron chi connectivity index (χ2n) is 12.7. The van der Waals surface area contributed by atoms with Crippen LogP contribution in [0.5, 0.6) is 11.5 Å². The molecule has 224 valence electrons. The molecular formula is C46H29NO. The highest BCUT2D eigenvalue weighted by Gasteiger charge is 2.51. The lowest BCUT2D eigenvalue weighted by Gasteiger charge is -2.40. The average Bonchev–Trinajstić information content (AvgIpc) is 3.45. The van der Waals surface area contributed by atoms with E-state index in [1.807, 2.05) is 6.07 Å². The third kappa shape index (κ3) is 3.84. The molecule has 0 saturated carbocycles. The van der Waals surface area contributed by atoms with Crippen LogP contribution in [0, 0.1) is 0 Å². The Bertz CT molecular complexity index is 2500. The quantitative estimate of drug-likeness (QED) is 0.198. The fourth-order valence-corrected chi connectivity index (χ4v) is 8.04. The number of hydrogen-bond donors (Lipinski definition) is 0. The summed E-state index contributed by atoms with van der Waals surface area (Å²) in [5, 5.41) is 2.41. The van der Waals surface area contributed by atoms with Crippen molar-refractivity contribution < 1.29 is 4.74 Å². The van der Waals surface area contributed by atoms with Gasteiger partial charge in [0.15, 0.2) is 0 Å². The van der Waals surface area contributed by atoms with Crippen molar-refractivity contribution in [2.45, 2.75) is 5.41 Å². The number of hydrogen-bond acceptors (Lipinski definition) is 2. The molecule has 2 nitrogen and oxygen atoms in total. The van der Waals surface area contributed by atoms with Crippen LogP contribution in [-0.4, -0.2) is 4.98 Å². The molecule has 2 heterocycles. The summed E-state index contributed by atoms with van der Waals surface area (Å²) < 4.78 is 7.01. The Morgan fingerprint density at radius 2 is 0.958 bits per heavy atom. The number of fused-ring (bicyclic) bond motifs is 10. The van der Waals surface area contributed by atoms with Gasteiger partial charge in [-0.2, -0.15) is 0 Å². The summed E-state index contributed by atoms with van der Waals surface area (Å²) in [6.07, 6.45) is 0. The Hall–Kier alpha value is -6.25. The number of aromatic nitrogens is 1. The Morgan fingerprint density at radius 1 is 0.375 bits per heavy atom. The maximum atomic E-state index is 7.01. The molecule has 10 rings (SSSR count). The van der Waals surface area contributed by atoms with E-state index in [2.05, 4.69) is 170 Å². The summed E-state index contributed by atoms with van der Waals surface area (Å²) in [5.41, 5.74) is 13.1. The summed E-state index contributed by atoms with van der Waals surface area (Å²) in [4.78, 5) is 5.24. The molecule has 1 spiro atoms. The molecule has 0 atom stereocenters. The van der Waals surface area contributed by atoms with Crippen LogP contribution in [0.2, 0.25) is 0 Å². The average molecular weight is 612 g/mol. The lowest BCUT2D eigenvalue weighted by Crippen LogP contribution is -2.32. The minimum atomic E-state index is -0.510. The SMILES string of the molecule is c1ccc(-c2cc(-c3cccc4c3Oc3ccccc3C43c4ccccc4-c4ccccc43)cc(-c3ccc4ccccc4c3)n2)cc1. The molecule has 0 amide bonds. The van der Waals surface area contributed by atoms with E-state index in [1.165, 1.54) is 38.6 Å². The van der Waals surface area contributed by atoms with E-state index in [-0.39, 0.29) is 0 Å². The number of rotatable bonds is 3. The van der Waals surface area contributed by atoms with Gasteiger partial charge in [0, 0.05) is 27.8 Å². The van der Waals surface area contributed by atoms with Gasteiger partial charge in [-0.25, -0.2) is 4.98 Å². The van der Waals surface area contributed by atoms with E-state index in [0.29, 0.717) is 0 Å². The molecule has 0 N–H and O–H groups in total. The molecule has 1 aromatic heterocycles. The first-order valence-corrected chi connectivity index (χ1v) is 16.5. The predicted octanol–water partition coefficient (Wildman–Crippen LogP) is 11.7. The molecule has 48 heavy (non-hydrogen) atoms. The minimum absolute atomic E-state index is 0.510. The van der Waals surface area contributed by atoms with Crippen LogP contribution in [-0.2, 0) is 5.41 Å². The van der Waals surface area contributed by atoms with Gasteiger partial charge in [-0.05, 0) is 62.9 Å². The molecule has 2 heteroatoms. The molecule has 0 fully saturated rings. The van der Waals surface area contributed by atoms with Crippen LogP contribution in [0.4, 0.5) is 0 Å². The zero-order valence-electron chi connectivity index (χ0n) is 26.1. The molecule has 8 aromatic rings. The summed E-state index contributed by atoms with van der Waals surface area (Å²) in [6.45, 7) is 0. The van der Waals surface area contributed by atoms with Crippen molar-refractivity contribution in [2.75, 3.05) is 0 Å². The summed E-state index contributed by atoms with van der Waals surface area (Å²) in [5.74, 6) is 1.77. The fraction of sp³-hybridized carbons (Fsp3) is 0.0217. The molecule has 1 aliphatic carbocycles. The second-order valence-corrected chi connectivity index (χ2v) is 12.7. The molecule has 7 aromatic carbocycles. The van der Waals surface area contributed by atoms with Crippen molar-refractivity contribution in [3.05, 3.63) is 198 Å². The Morgan fingerprint density at radius 3 is 1.73 bits per heavy atom. The maximum absolute atomic E-state index is 7.01. The number of benzene rings is 7. The number of ether oxygens (including phenoxy) is 1. The van der Waals surface area contributed by atoms with Crippen molar-refractivity contribution in [2.24, 2.45) is 0 Å². The zero-order valence-corrected chi connectivity index (χ0v) is 26.1. The maximum Gasteiger partial charge on any atom is 0.140 e. The van der Waals surface area contributed by atoms with E-state index in [0.717, 1.165) is 50.7 Å². The van der Waals surface area contributed by atoms with Crippen LogP contribution < -0.4 is 4.74 Å². The van der Waals surface area contributed by atoms with Gasteiger partial charge in [-0.1, -0.05) is 152 Å². The Labute approximate surface area is 279 Å². The van der Waals surface area contributed by atoms with Crippen LogP contribution in [0.3, 0.4) is 0 Å². The Kier molecular flexibility index (Phi) is 5.82. The van der Waals surface area contributed by atoms with Crippen LogP contribution in [0.1, 0.15) is 22.3 Å². The van der Waals surface area contributed by atoms with Gasteiger partial charge in [-0.15, -0.1) is 0 Å². The number of pyridine rings is 1. The van der Waals surface area contributed by atoms with Crippen molar-refractivity contribution in [3.63, 3.8) is 0 Å². The predicted molar refractivity (Wildman–Crippen MR) is 195 cm³/mol. The lowest BCUT2D eigenvalue weighted by atomic mass is 9.65. The topological polar surface area (TPSA) is 22.1 Å². The first-order chi connectivity index (χ1) is 23.8. The molecule has 0 unspecified atom stereocenters. The van der Waals surface area contributed by atoms with Crippen LogP contribution in [0.15, 0.2) is 176 Å². The van der Waals surface area contributed by atoms with Crippen LogP contribution >= 0.6 is 0 Å². The van der Waals surface area contributed by atoms with Crippen molar-refractivity contribution in [1.82, 2.24) is 4.98 Å². The first-order valence-electron chi connectivity index (χ1n) is 16.5. The summed E-state index contributed by atoms with van der Waals surface area (Å²) in [7, 11) is 0. The molecule has 0 radical (unpaired) electrons. The van der Waals surface area contributed by atoms with Crippen molar-refractivity contribution in [3.8, 4) is 56.3 Å². The molecular weight excluding hydrogens is 583 g/mol. The number of nitrogens with zero attached hydrogens (tertiary/aromatic N) is 1. The molecule has 0 saturated heterocycles. The standard InChI is InChI=1S/C46H29NO/c1-2-14-31(15-3-1)42-28-34(29-43(47-42)33-26-25-30-13-4-5-16-32(30)27-33)35-19-12-23-41-45(35)48-44-24-11-10-22-40(44)46(41)38-20-8-6-17-36(38)37-18-7-9-21-39(37)46/h1-29H. The van der Waals surface area contributed by atoms with E-state index in [9.17, 15) is 0 Å². The largest absolute Gasteiger partial charge is 0.456 e. The third-order valence-corrected chi connectivity index (χ3v) is 10.1. The van der Waals surface area contributed by atoms with Gasteiger partial charge < -0.3 is 4.74 Å². The smallest absolute Gasteiger partial charge is 0.140 e. The molecule has 1 aliphatic heterocycles. The van der Waals surface area contributed by atoms with Gasteiger partial charge in [0.1, 0.15) is 11.5 Å². The van der Waals surface area contributed by atoms with E-state index < -0.39 is 5.41 Å². The first kappa shape index (κ1) is 26.9. The van der Waals surface area contributed by atoms with E-state index in [1.54, 1.807) is 0 Å². The van der Waals surface area contributed by atoms with Gasteiger partial charge in [-0.3, -0.25) is 0 Å². The van der Waals surface area contributed by atoms with Crippen molar-refractivity contribution >= 4 is 10.8 Å². The summed E-state index contributed by atoms with van der Waals surface area (Å²) >= 11 is 0. The van der Waals surface area contributed by atoms with Crippen LogP contribution in [0.25, 0.3) is 55.5 Å². The van der Waals surface area contributed by atoms with Gasteiger partial charge in [0.25, 0.3) is 0 Å². The Balaban J connectivity index is 1.26. The monoisotopic (exact) mass is 611 g/mol. The second kappa shape index (κ2) is 10.4. The third-order valence-electron chi connectivity index (χ3n) is 10.1. The fourth-order valence-electron chi connectivity index (χ4n) is 8.04. The van der Waals surface area contributed by atoms with E-state index in [4.69, 9.17) is 9.72 Å². The lowest BCUT2D eigenvalue weighted by molar-refractivity contribution is 0.438. The zero-order chi connectivity index (χ0) is 31.7. The van der Waals surface area contributed by atoms with Crippen molar-refractivity contribution in [1.29, 1.82) is 0 Å². The summed E-state index contributed by atoms with van der Waals surface area (Å²) in [6, 6.07) is 62.9. The van der Waals surface area contributed by atoms with Gasteiger partial charge in [0.2, 0.25) is 0 Å². The van der Waals surface area contributed by atoms with Gasteiger partial charge >= 0.3 is 0 Å². The number of para-hydroxylation sites is 2.